The van der Waals surface area contributed by atoms with Gasteiger partial charge in [0.1, 0.15) is 17.2 Å². The van der Waals surface area contributed by atoms with Crippen LogP contribution in [-0.4, -0.2) is 49.9 Å². The minimum absolute atomic E-state index is 0.0220. The van der Waals surface area contributed by atoms with E-state index in [1.54, 1.807) is 0 Å². The Labute approximate surface area is 192 Å². The Hall–Kier alpha value is -3.33. The lowest BCUT2D eigenvalue weighted by Crippen LogP contribution is -2.21. The van der Waals surface area contributed by atoms with E-state index in [1.165, 1.54) is 31.5 Å². The van der Waals surface area contributed by atoms with Crippen molar-refractivity contribution in [3.8, 4) is 11.5 Å². The zero-order chi connectivity index (χ0) is 24.0. The molecule has 0 aromatic carbocycles. The standard InChI is InChI=1S/C18H13BrF3N7O3S/c1-2-33(31,32)12-3-4-14(28-17(30)29-8-9(19)6-24-29)27-15(12)16-25-10-5-13(18(20,21)22)23-7-11(10)26-16/h3-8H,2H2,1H3,(H,25,26)(H,27,28,30). The van der Waals surface area contributed by atoms with E-state index in [0.717, 1.165) is 16.9 Å². The van der Waals surface area contributed by atoms with Crippen LogP contribution in [0.25, 0.3) is 22.6 Å². The van der Waals surface area contributed by atoms with Crippen LogP contribution < -0.4 is 5.32 Å². The minimum atomic E-state index is -4.67. The van der Waals surface area contributed by atoms with Gasteiger partial charge in [-0.25, -0.2) is 28.2 Å². The number of amides is 1. The molecule has 0 bridgehead atoms. The molecule has 0 aliphatic carbocycles. The third-order valence-electron chi connectivity index (χ3n) is 4.45. The Bertz CT molecular complexity index is 1480. The SMILES string of the molecule is CCS(=O)(=O)c1ccc(NC(=O)n2cc(Br)cn2)nc1-c1nc2cc(C(F)(F)F)ncc2[nH]1. The Morgan fingerprint density at radius 3 is 2.64 bits per heavy atom. The molecule has 1 amide bonds. The summed E-state index contributed by atoms with van der Waals surface area (Å²) in [7, 11) is -3.79. The first-order valence-electron chi connectivity index (χ1n) is 9.16. The molecule has 4 aromatic heterocycles. The number of hydrogen-bond donors (Lipinski definition) is 2. The Morgan fingerprint density at radius 1 is 1.24 bits per heavy atom. The quantitative estimate of drug-likeness (QED) is 0.398. The molecule has 0 saturated carbocycles. The summed E-state index contributed by atoms with van der Waals surface area (Å²) in [6.45, 7) is 1.43. The number of hydrogen-bond acceptors (Lipinski definition) is 7. The van der Waals surface area contributed by atoms with Crippen molar-refractivity contribution in [1.82, 2.24) is 29.7 Å². The van der Waals surface area contributed by atoms with Gasteiger partial charge in [0.2, 0.25) is 0 Å². The zero-order valence-electron chi connectivity index (χ0n) is 16.6. The van der Waals surface area contributed by atoms with E-state index >= 15 is 0 Å². The number of carbonyl (C=O) groups excluding carboxylic acids is 1. The summed E-state index contributed by atoms with van der Waals surface area (Å²) in [5, 5.41) is 6.31. The molecule has 0 spiro atoms. The lowest BCUT2D eigenvalue weighted by molar-refractivity contribution is -0.141. The fourth-order valence-electron chi connectivity index (χ4n) is 2.85. The van der Waals surface area contributed by atoms with Crippen molar-refractivity contribution in [2.75, 3.05) is 11.1 Å². The van der Waals surface area contributed by atoms with Crippen LogP contribution in [0.1, 0.15) is 12.6 Å². The summed E-state index contributed by atoms with van der Waals surface area (Å²) in [4.78, 5) is 26.5. The molecular weight excluding hydrogens is 531 g/mol. The molecule has 15 heteroatoms. The third kappa shape index (κ3) is 4.59. The summed E-state index contributed by atoms with van der Waals surface area (Å²) in [5.74, 6) is -0.378. The molecule has 0 saturated heterocycles. The van der Waals surface area contributed by atoms with Crippen molar-refractivity contribution in [2.45, 2.75) is 18.0 Å². The highest BCUT2D eigenvalue weighted by atomic mass is 79.9. The van der Waals surface area contributed by atoms with Gasteiger partial charge in [0.05, 0.1) is 38.5 Å². The van der Waals surface area contributed by atoms with Crippen LogP contribution in [0, 0.1) is 0 Å². The highest BCUT2D eigenvalue weighted by molar-refractivity contribution is 9.10. The predicted molar refractivity (Wildman–Crippen MR) is 114 cm³/mol. The second-order valence-electron chi connectivity index (χ2n) is 6.65. The fourth-order valence-corrected chi connectivity index (χ4v) is 4.16. The van der Waals surface area contributed by atoms with E-state index in [0.29, 0.717) is 4.47 Å². The monoisotopic (exact) mass is 543 g/mol. The van der Waals surface area contributed by atoms with Gasteiger partial charge in [0.15, 0.2) is 15.7 Å². The molecule has 0 aliphatic heterocycles. The maximum absolute atomic E-state index is 13.0. The molecule has 172 valence electrons. The van der Waals surface area contributed by atoms with Crippen LogP contribution in [0.4, 0.5) is 23.8 Å². The van der Waals surface area contributed by atoms with Crippen LogP contribution >= 0.6 is 15.9 Å². The lowest BCUT2D eigenvalue weighted by atomic mass is 10.3. The average molecular weight is 544 g/mol. The van der Waals surface area contributed by atoms with Gasteiger partial charge in [-0.1, -0.05) is 6.92 Å². The molecule has 4 aromatic rings. The van der Waals surface area contributed by atoms with Crippen LogP contribution in [-0.2, 0) is 16.0 Å². The molecule has 33 heavy (non-hydrogen) atoms. The molecular formula is C18H13BrF3N7O3S. The largest absolute Gasteiger partial charge is 0.433 e. The number of nitrogens with one attached hydrogen (secondary N) is 2. The molecule has 4 rings (SSSR count). The summed E-state index contributed by atoms with van der Waals surface area (Å²) in [6.07, 6.45) is -0.929. The second-order valence-corrected chi connectivity index (χ2v) is 9.81. The van der Waals surface area contributed by atoms with Gasteiger partial charge in [-0.2, -0.15) is 23.0 Å². The molecule has 0 radical (unpaired) electrons. The summed E-state index contributed by atoms with van der Waals surface area (Å²) in [6, 6.07) is 2.59. The number of nitrogens with zero attached hydrogens (tertiary/aromatic N) is 5. The maximum Gasteiger partial charge on any atom is 0.433 e. The number of alkyl halides is 3. The van der Waals surface area contributed by atoms with Crippen LogP contribution in [0.2, 0.25) is 0 Å². The summed E-state index contributed by atoms with van der Waals surface area (Å²) in [5.41, 5.74) is -1.24. The van der Waals surface area contributed by atoms with Crippen molar-refractivity contribution in [3.05, 3.63) is 47.0 Å². The number of carbonyl (C=O) groups is 1. The van der Waals surface area contributed by atoms with E-state index in [2.05, 4.69) is 46.3 Å². The van der Waals surface area contributed by atoms with Gasteiger partial charge in [-0.3, -0.25) is 5.32 Å². The van der Waals surface area contributed by atoms with Gasteiger partial charge < -0.3 is 4.98 Å². The third-order valence-corrected chi connectivity index (χ3v) is 6.62. The maximum atomic E-state index is 13.0. The Balaban J connectivity index is 1.81. The molecule has 2 N–H and O–H groups in total. The van der Waals surface area contributed by atoms with Crippen molar-refractivity contribution in [3.63, 3.8) is 0 Å². The van der Waals surface area contributed by atoms with Gasteiger partial charge in [0, 0.05) is 6.20 Å². The second kappa shape index (κ2) is 8.22. The fraction of sp³-hybridized carbons (Fsp3) is 0.167. The van der Waals surface area contributed by atoms with E-state index < -0.39 is 27.7 Å². The first-order chi connectivity index (χ1) is 15.5. The first-order valence-corrected chi connectivity index (χ1v) is 11.6. The molecule has 0 aliphatic rings. The molecule has 4 heterocycles. The first kappa shape index (κ1) is 22.8. The highest BCUT2D eigenvalue weighted by Gasteiger charge is 2.33. The van der Waals surface area contributed by atoms with Crippen LogP contribution in [0.3, 0.4) is 0 Å². The van der Waals surface area contributed by atoms with E-state index in [-0.39, 0.29) is 39.0 Å². The number of pyridine rings is 2. The zero-order valence-corrected chi connectivity index (χ0v) is 19.0. The topological polar surface area (TPSA) is 136 Å². The molecule has 0 fully saturated rings. The average Bonchev–Trinajstić information content (AvgIpc) is 3.38. The molecule has 0 atom stereocenters. The number of fused-ring (bicyclic) bond motifs is 1. The number of aromatic nitrogens is 6. The number of sulfone groups is 1. The predicted octanol–water partition coefficient (Wildman–Crippen LogP) is 3.87. The van der Waals surface area contributed by atoms with Crippen molar-refractivity contribution in [1.29, 1.82) is 0 Å². The molecule has 10 nitrogen and oxygen atoms in total. The number of halogens is 4. The number of imidazole rings is 1. The minimum Gasteiger partial charge on any atom is -0.335 e. The van der Waals surface area contributed by atoms with E-state index in [9.17, 15) is 26.4 Å². The van der Waals surface area contributed by atoms with Gasteiger partial charge in [-0.05, 0) is 34.1 Å². The van der Waals surface area contributed by atoms with Crippen molar-refractivity contribution < 1.29 is 26.4 Å². The van der Waals surface area contributed by atoms with Gasteiger partial charge in [-0.15, -0.1) is 0 Å². The summed E-state index contributed by atoms with van der Waals surface area (Å²) >= 11 is 3.17. The van der Waals surface area contributed by atoms with Gasteiger partial charge in [0.25, 0.3) is 0 Å². The normalized spacial score (nSPS) is 12.3. The lowest BCUT2D eigenvalue weighted by Gasteiger charge is -2.10. The van der Waals surface area contributed by atoms with Crippen molar-refractivity contribution >= 4 is 48.6 Å². The van der Waals surface area contributed by atoms with Gasteiger partial charge >= 0.3 is 12.2 Å². The Morgan fingerprint density at radius 2 is 2.00 bits per heavy atom. The Kier molecular flexibility index (Phi) is 5.69. The van der Waals surface area contributed by atoms with Crippen LogP contribution in [0.5, 0.6) is 0 Å². The van der Waals surface area contributed by atoms with E-state index in [1.807, 2.05) is 0 Å². The van der Waals surface area contributed by atoms with Crippen molar-refractivity contribution in [2.24, 2.45) is 0 Å². The number of aromatic amines is 1. The highest BCUT2D eigenvalue weighted by Crippen LogP contribution is 2.31. The number of rotatable bonds is 4. The number of anilines is 1. The van der Waals surface area contributed by atoms with E-state index in [4.69, 9.17) is 0 Å². The number of H-pyrrole nitrogens is 1. The molecule has 0 unspecified atom stereocenters. The van der Waals surface area contributed by atoms with Crippen LogP contribution in [0.15, 0.2) is 46.2 Å². The summed E-state index contributed by atoms with van der Waals surface area (Å²) < 4.78 is 65.7. The smallest absolute Gasteiger partial charge is 0.335 e.